The largest absolute Gasteiger partial charge is 0.462 e. The zero-order valence-corrected chi connectivity index (χ0v) is 15.4. The second kappa shape index (κ2) is 7.59. The van der Waals surface area contributed by atoms with Crippen LogP contribution in [-0.4, -0.2) is 24.4 Å². The maximum Gasteiger partial charge on any atom is 0.341 e. The highest BCUT2D eigenvalue weighted by molar-refractivity contribution is 9.10. The van der Waals surface area contributed by atoms with E-state index in [4.69, 9.17) is 10.5 Å². The summed E-state index contributed by atoms with van der Waals surface area (Å²) in [5.74, 6) is -1.66. The average Bonchev–Trinajstić information content (AvgIpc) is 2.84. The van der Waals surface area contributed by atoms with Gasteiger partial charge in [0.15, 0.2) is 0 Å². The molecule has 0 atom stereocenters. The van der Waals surface area contributed by atoms with Crippen molar-refractivity contribution < 1.29 is 19.1 Å². The number of halogens is 1. The first-order chi connectivity index (χ1) is 11.3. The standard InChI is InChI=1S/C16H15BrN2O4S/c1-3-23-16(22)11-8(2)12(13(18)20)24-15(11)19-14(21)9-4-6-10(17)7-5-9/h4-7H,3H2,1-2H3,(H2,18,20)(H,19,21). The van der Waals surface area contributed by atoms with Crippen LogP contribution in [0.1, 0.15) is 42.9 Å². The molecule has 2 rings (SSSR count). The number of amides is 2. The molecular weight excluding hydrogens is 396 g/mol. The Morgan fingerprint density at radius 3 is 2.42 bits per heavy atom. The van der Waals surface area contributed by atoms with Gasteiger partial charge in [-0.2, -0.15) is 0 Å². The molecule has 0 unspecified atom stereocenters. The summed E-state index contributed by atoms with van der Waals surface area (Å²) in [5, 5.41) is 2.90. The van der Waals surface area contributed by atoms with Crippen LogP contribution in [0.2, 0.25) is 0 Å². The van der Waals surface area contributed by atoms with E-state index in [1.165, 1.54) is 0 Å². The van der Waals surface area contributed by atoms with Crippen LogP contribution in [0.4, 0.5) is 5.00 Å². The summed E-state index contributed by atoms with van der Waals surface area (Å²) in [6, 6.07) is 6.74. The number of hydrogen-bond acceptors (Lipinski definition) is 5. The van der Waals surface area contributed by atoms with E-state index in [-0.39, 0.29) is 22.0 Å². The molecule has 0 aliphatic carbocycles. The summed E-state index contributed by atoms with van der Waals surface area (Å²) in [5.41, 5.74) is 6.30. The number of carbonyl (C=O) groups is 3. The van der Waals surface area contributed by atoms with Crippen LogP contribution in [-0.2, 0) is 4.74 Å². The van der Waals surface area contributed by atoms with E-state index in [9.17, 15) is 14.4 Å². The van der Waals surface area contributed by atoms with E-state index >= 15 is 0 Å². The Morgan fingerprint density at radius 2 is 1.88 bits per heavy atom. The number of nitrogens with one attached hydrogen (secondary N) is 1. The highest BCUT2D eigenvalue weighted by atomic mass is 79.9. The molecule has 3 N–H and O–H groups in total. The highest BCUT2D eigenvalue weighted by Gasteiger charge is 2.25. The molecule has 0 saturated heterocycles. The van der Waals surface area contributed by atoms with Crippen molar-refractivity contribution in [2.45, 2.75) is 13.8 Å². The van der Waals surface area contributed by atoms with Crippen LogP contribution in [0.15, 0.2) is 28.7 Å². The van der Waals surface area contributed by atoms with Gasteiger partial charge in [0.25, 0.3) is 11.8 Å². The number of rotatable bonds is 5. The fourth-order valence-electron chi connectivity index (χ4n) is 2.06. The van der Waals surface area contributed by atoms with Gasteiger partial charge in [-0.1, -0.05) is 15.9 Å². The molecule has 0 saturated carbocycles. The van der Waals surface area contributed by atoms with Gasteiger partial charge in [0.2, 0.25) is 0 Å². The molecule has 0 fully saturated rings. The number of ether oxygens (including phenoxy) is 1. The van der Waals surface area contributed by atoms with Crippen molar-refractivity contribution in [2.75, 3.05) is 11.9 Å². The molecule has 8 heteroatoms. The van der Waals surface area contributed by atoms with E-state index < -0.39 is 17.8 Å². The topological polar surface area (TPSA) is 98.5 Å². The normalized spacial score (nSPS) is 10.3. The van der Waals surface area contributed by atoms with E-state index in [1.54, 1.807) is 38.1 Å². The van der Waals surface area contributed by atoms with Crippen LogP contribution >= 0.6 is 27.3 Å². The van der Waals surface area contributed by atoms with Crippen LogP contribution < -0.4 is 11.1 Å². The van der Waals surface area contributed by atoms with Crippen molar-refractivity contribution in [1.82, 2.24) is 0 Å². The van der Waals surface area contributed by atoms with E-state index in [2.05, 4.69) is 21.2 Å². The van der Waals surface area contributed by atoms with Crippen LogP contribution in [0.25, 0.3) is 0 Å². The maximum atomic E-state index is 12.4. The molecule has 2 amide bonds. The molecule has 6 nitrogen and oxygen atoms in total. The second-order valence-electron chi connectivity index (χ2n) is 4.81. The number of thiophene rings is 1. The Labute approximate surface area is 151 Å². The van der Waals surface area contributed by atoms with Gasteiger partial charge in [-0.3, -0.25) is 9.59 Å². The summed E-state index contributed by atoms with van der Waals surface area (Å²) >= 11 is 4.25. The minimum atomic E-state index is -0.660. The van der Waals surface area contributed by atoms with Crippen LogP contribution in [0, 0.1) is 6.92 Å². The van der Waals surface area contributed by atoms with Crippen molar-refractivity contribution in [3.63, 3.8) is 0 Å². The average molecular weight is 411 g/mol. The zero-order valence-electron chi connectivity index (χ0n) is 13.0. The lowest BCUT2D eigenvalue weighted by Gasteiger charge is -2.07. The van der Waals surface area contributed by atoms with Crippen LogP contribution in [0.3, 0.4) is 0 Å². The van der Waals surface area contributed by atoms with Gasteiger partial charge in [0, 0.05) is 10.0 Å². The summed E-state index contributed by atoms with van der Waals surface area (Å²) in [6.07, 6.45) is 0. The van der Waals surface area contributed by atoms with Crippen molar-refractivity contribution >= 4 is 50.1 Å². The Bertz CT molecular complexity index is 799. The van der Waals surface area contributed by atoms with Gasteiger partial charge < -0.3 is 15.8 Å². The quantitative estimate of drug-likeness (QED) is 0.738. The first-order valence-corrected chi connectivity index (χ1v) is 8.63. The van der Waals surface area contributed by atoms with Crippen LogP contribution in [0.5, 0.6) is 0 Å². The Morgan fingerprint density at radius 1 is 1.25 bits per heavy atom. The van der Waals surface area contributed by atoms with E-state index in [0.717, 1.165) is 15.8 Å². The fourth-order valence-corrected chi connectivity index (χ4v) is 3.37. The van der Waals surface area contributed by atoms with Gasteiger partial charge in [-0.25, -0.2) is 4.79 Å². The molecule has 126 valence electrons. The maximum absolute atomic E-state index is 12.4. The number of anilines is 1. The Balaban J connectivity index is 2.39. The smallest absolute Gasteiger partial charge is 0.341 e. The molecule has 2 aromatic rings. The van der Waals surface area contributed by atoms with Gasteiger partial charge in [0.05, 0.1) is 17.0 Å². The molecular formula is C16H15BrN2O4S. The Kier molecular flexibility index (Phi) is 5.74. The van der Waals surface area contributed by atoms with E-state index in [1.807, 2.05) is 0 Å². The molecule has 1 heterocycles. The molecule has 0 bridgehead atoms. The fraction of sp³-hybridized carbons (Fsp3) is 0.188. The van der Waals surface area contributed by atoms with Crippen molar-refractivity contribution in [1.29, 1.82) is 0 Å². The molecule has 24 heavy (non-hydrogen) atoms. The summed E-state index contributed by atoms with van der Waals surface area (Å²) < 4.78 is 5.85. The van der Waals surface area contributed by atoms with Crippen molar-refractivity contribution in [3.05, 3.63) is 50.3 Å². The monoisotopic (exact) mass is 410 g/mol. The lowest BCUT2D eigenvalue weighted by atomic mass is 10.1. The second-order valence-corrected chi connectivity index (χ2v) is 6.74. The number of nitrogens with two attached hydrogens (primary N) is 1. The molecule has 0 radical (unpaired) electrons. The third-order valence-electron chi connectivity index (χ3n) is 3.18. The van der Waals surface area contributed by atoms with Crippen molar-refractivity contribution in [2.24, 2.45) is 5.73 Å². The summed E-state index contributed by atoms with van der Waals surface area (Å²) in [4.78, 5) is 36.3. The predicted molar refractivity (Wildman–Crippen MR) is 95.6 cm³/mol. The first-order valence-electron chi connectivity index (χ1n) is 7.02. The summed E-state index contributed by atoms with van der Waals surface area (Å²) in [7, 11) is 0. The predicted octanol–water partition coefficient (Wildman–Crippen LogP) is 3.35. The molecule has 1 aromatic heterocycles. The molecule has 0 spiro atoms. The molecule has 1 aromatic carbocycles. The molecule has 0 aliphatic rings. The van der Waals surface area contributed by atoms with Crippen molar-refractivity contribution in [3.8, 4) is 0 Å². The minimum Gasteiger partial charge on any atom is -0.462 e. The van der Waals surface area contributed by atoms with Gasteiger partial charge in [-0.05, 0) is 43.7 Å². The van der Waals surface area contributed by atoms with Gasteiger partial charge >= 0.3 is 5.97 Å². The number of carbonyl (C=O) groups excluding carboxylic acids is 3. The van der Waals surface area contributed by atoms with E-state index in [0.29, 0.717) is 11.1 Å². The summed E-state index contributed by atoms with van der Waals surface area (Å²) in [6.45, 7) is 3.45. The molecule has 0 aliphatic heterocycles. The third kappa shape index (κ3) is 3.82. The first kappa shape index (κ1) is 18.2. The zero-order chi connectivity index (χ0) is 17.9. The number of benzene rings is 1. The SMILES string of the molecule is CCOC(=O)c1c(NC(=O)c2ccc(Br)cc2)sc(C(N)=O)c1C. The number of esters is 1. The number of primary amides is 1. The highest BCUT2D eigenvalue weighted by Crippen LogP contribution is 2.33. The van der Waals surface area contributed by atoms with Gasteiger partial charge in [0.1, 0.15) is 5.00 Å². The lowest BCUT2D eigenvalue weighted by Crippen LogP contribution is -2.15. The Hall–Kier alpha value is -2.19. The third-order valence-corrected chi connectivity index (χ3v) is 4.93. The minimum absolute atomic E-state index is 0.154. The number of hydrogen-bond donors (Lipinski definition) is 2. The lowest BCUT2D eigenvalue weighted by molar-refractivity contribution is 0.0527. The van der Waals surface area contributed by atoms with Gasteiger partial charge in [-0.15, -0.1) is 11.3 Å².